The number of fused-ring (bicyclic) bond motifs is 8. The van der Waals surface area contributed by atoms with E-state index in [9.17, 15) is 9.59 Å². The predicted molar refractivity (Wildman–Crippen MR) is 104 cm³/mol. The summed E-state index contributed by atoms with van der Waals surface area (Å²) in [6, 6.07) is 16.8. The van der Waals surface area contributed by atoms with Crippen molar-refractivity contribution in [3.8, 4) is 0 Å². The maximum absolute atomic E-state index is 13.3. The van der Waals surface area contributed by atoms with E-state index >= 15 is 0 Å². The molecule has 2 amide bonds. The quantitative estimate of drug-likeness (QED) is 0.735. The van der Waals surface area contributed by atoms with Crippen molar-refractivity contribution >= 4 is 34.8 Å². The van der Waals surface area contributed by atoms with Crippen LogP contribution < -0.4 is 4.90 Å². The number of oxime groups is 1. The van der Waals surface area contributed by atoms with Gasteiger partial charge in [0.1, 0.15) is 6.10 Å². The number of imide groups is 1. The Balaban J connectivity index is 1.36. The number of carbonyl (C=O) groups excluding carboxylic acids is 2. The Kier molecular flexibility index (Phi) is 3.30. The van der Waals surface area contributed by atoms with Crippen LogP contribution in [0.25, 0.3) is 0 Å². The lowest BCUT2D eigenvalue weighted by Gasteiger charge is -2.29. The number of anilines is 1. The van der Waals surface area contributed by atoms with Gasteiger partial charge >= 0.3 is 0 Å². The molecule has 3 fully saturated rings. The third-order valence-electron chi connectivity index (χ3n) is 6.84. The molecule has 6 heteroatoms. The molecule has 2 saturated carbocycles. The molecule has 2 aromatic carbocycles. The SMILES string of the molecule is O=C1[C@H]2[C@@H]3C[C@@H]([C@H]4C(c5ccc(Cl)cc5)=NO[C@H]34)[C@@H]2C(=O)N1c1ccccc1. The molecule has 5 nitrogen and oxygen atoms in total. The van der Waals surface area contributed by atoms with E-state index in [0.29, 0.717) is 10.7 Å². The molecule has 0 spiro atoms. The minimum atomic E-state index is -0.293. The highest BCUT2D eigenvalue weighted by Crippen LogP contribution is 2.62. The standard InChI is InChI=1S/C22H17ClN2O3/c23-12-8-6-11(7-9-12)19-18-14-10-15(20(18)28-24-19)17-16(14)21(26)25(22(17)27)13-4-2-1-3-5-13/h1-9,14-18,20H,10H2/t14-,15+,16+,17+,18+,20-/m1/s1. The molecule has 6 atom stereocenters. The summed E-state index contributed by atoms with van der Waals surface area (Å²) in [7, 11) is 0. The Labute approximate surface area is 166 Å². The van der Waals surface area contributed by atoms with Crippen molar-refractivity contribution < 1.29 is 14.4 Å². The average Bonchev–Trinajstić information content (AvgIpc) is 3.44. The Morgan fingerprint density at radius 1 is 0.893 bits per heavy atom. The van der Waals surface area contributed by atoms with Crippen molar-refractivity contribution in [3.63, 3.8) is 0 Å². The first-order valence-electron chi connectivity index (χ1n) is 9.57. The van der Waals surface area contributed by atoms with E-state index in [1.165, 1.54) is 4.90 Å². The molecular formula is C22H17ClN2O3. The van der Waals surface area contributed by atoms with Crippen molar-refractivity contribution in [2.24, 2.45) is 34.7 Å². The summed E-state index contributed by atoms with van der Waals surface area (Å²) in [6.07, 6.45) is 0.724. The van der Waals surface area contributed by atoms with Gasteiger partial charge in [-0.3, -0.25) is 14.5 Å². The largest absolute Gasteiger partial charge is 0.391 e. The number of benzene rings is 2. The van der Waals surface area contributed by atoms with Crippen LogP contribution in [0.5, 0.6) is 0 Å². The van der Waals surface area contributed by atoms with Gasteiger partial charge in [-0.1, -0.05) is 47.1 Å². The molecule has 2 aliphatic heterocycles. The first kappa shape index (κ1) is 16.3. The normalized spacial score (nSPS) is 35.0. The number of hydrogen-bond donors (Lipinski definition) is 0. The van der Waals surface area contributed by atoms with Crippen LogP contribution in [0.4, 0.5) is 5.69 Å². The molecule has 6 rings (SSSR count). The van der Waals surface area contributed by atoms with Gasteiger partial charge in [0.2, 0.25) is 11.8 Å². The molecule has 28 heavy (non-hydrogen) atoms. The molecule has 2 heterocycles. The molecule has 0 radical (unpaired) electrons. The fourth-order valence-corrected chi connectivity index (χ4v) is 5.94. The van der Waals surface area contributed by atoms with E-state index in [4.69, 9.17) is 16.4 Å². The van der Waals surface area contributed by atoms with Crippen LogP contribution in [0.1, 0.15) is 12.0 Å². The minimum absolute atomic E-state index is 0.0405. The number of nitrogens with zero attached hydrogens (tertiary/aromatic N) is 2. The molecule has 0 N–H and O–H groups in total. The summed E-state index contributed by atoms with van der Waals surface area (Å²) < 4.78 is 0. The van der Waals surface area contributed by atoms with Gasteiger partial charge in [0.05, 0.1) is 23.2 Å². The Morgan fingerprint density at radius 3 is 2.29 bits per heavy atom. The van der Waals surface area contributed by atoms with Gasteiger partial charge in [-0.2, -0.15) is 0 Å². The van der Waals surface area contributed by atoms with Crippen molar-refractivity contribution in [2.45, 2.75) is 12.5 Å². The third-order valence-corrected chi connectivity index (χ3v) is 7.10. The van der Waals surface area contributed by atoms with E-state index < -0.39 is 0 Å². The molecule has 1 saturated heterocycles. The molecule has 2 bridgehead atoms. The number of amides is 2. The Morgan fingerprint density at radius 2 is 1.57 bits per heavy atom. The zero-order valence-electron chi connectivity index (χ0n) is 14.9. The van der Waals surface area contributed by atoms with Gasteiger partial charge in [-0.15, -0.1) is 0 Å². The average molecular weight is 393 g/mol. The number of carbonyl (C=O) groups is 2. The van der Waals surface area contributed by atoms with Gasteiger partial charge in [0.15, 0.2) is 0 Å². The highest BCUT2D eigenvalue weighted by atomic mass is 35.5. The highest BCUT2D eigenvalue weighted by Gasteiger charge is 2.70. The second-order valence-corrected chi connectivity index (χ2v) is 8.48. The molecule has 0 unspecified atom stereocenters. The highest BCUT2D eigenvalue weighted by molar-refractivity contribution is 6.30. The summed E-state index contributed by atoms with van der Waals surface area (Å²) in [5.41, 5.74) is 2.51. The Hall–Kier alpha value is -2.66. The number of hydrogen-bond acceptors (Lipinski definition) is 4. The molecule has 2 aliphatic carbocycles. The smallest absolute Gasteiger partial charge is 0.238 e. The maximum atomic E-state index is 13.3. The van der Waals surface area contributed by atoms with Crippen molar-refractivity contribution in [1.82, 2.24) is 0 Å². The monoisotopic (exact) mass is 392 g/mol. The molecule has 2 aromatic rings. The lowest BCUT2D eigenvalue weighted by molar-refractivity contribution is -0.125. The van der Waals surface area contributed by atoms with Crippen LogP contribution in [-0.2, 0) is 14.4 Å². The minimum Gasteiger partial charge on any atom is -0.391 e. The summed E-state index contributed by atoms with van der Waals surface area (Å²) in [4.78, 5) is 33.6. The van der Waals surface area contributed by atoms with Crippen molar-refractivity contribution in [1.29, 1.82) is 0 Å². The molecule has 0 aromatic heterocycles. The van der Waals surface area contributed by atoms with Gasteiger partial charge in [-0.05, 0) is 42.2 Å². The Bertz CT molecular complexity index is 1020. The lowest BCUT2D eigenvalue weighted by Crippen LogP contribution is -2.41. The molecule has 4 aliphatic rings. The predicted octanol–water partition coefficient (Wildman–Crippen LogP) is 3.51. The summed E-state index contributed by atoms with van der Waals surface area (Å²) >= 11 is 6.02. The zero-order valence-corrected chi connectivity index (χ0v) is 15.6. The summed E-state index contributed by atoms with van der Waals surface area (Å²) in [5.74, 6) is -0.553. The fraction of sp³-hybridized carbons (Fsp3) is 0.318. The van der Waals surface area contributed by atoms with E-state index in [0.717, 1.165) is 17.7 Å². The second-order valence-electron chi connectivity index (χ2n) is 8.04. The van der Waals surface area contributed by atoms with Crippen molar-refractivity contribution in [2.75, 3.05) is 4.90 Å². The van der Waals surface area contributed by atoms with Gasteiger partial charge in [-0.25, -0.2) is 0 Å². The van der Waals surface area contributed by atoms with E-state index in [2.05, 4.69) is 5.16 Å². The van der Waals surface area contributed by atoms with Crippen LogP contribution in [-0.4, -0.2) is 23.6 Å². The van der Waals surface area contributed by atoms with Crippen LogP contribution in [0.3, 0.4) is 0 Å². The van der Waals surface area contributed by atoms with Crippen LogP contribution in [0.15, 0.2) is 59.8 Å². The second kappa shape index (κ2) is 5.67. The maximum Gasteiger partial charge on any atom is 0.238 e. The number of halogens is 1. The van der Waals surface area contributed by atoms with Gasteiger partial charge < -0.3 is 4.84 Å². The number of para-hydroxylation sites is 1. The lowest BCUT2D eigenvalue weighted by atomic mass is 9.71. The summed E-state index contributed by atoms with van der Waals surface area (Å²) in [6.45, 7) is 0. The van der Waals surface area contributed by atoms with Crippen LogP contribution in [0.2, 0.25) is 5.02 Å². The molecular weight excluding hydrogens is 376 g/mol. The van der Waals surface area contributed by atoms with E-state index in [-0.39, 0.29) is 47.5 Å². The van der Waals surface area contributed by atoms with Crippen LogP contribution in [0, 0.1) is 29.6 Å². The molecule has 140 valence electrons. The first-order chi connectivity index (χ1) is 13.6. The van der Waals surface area contributed by atoms with Gasteiger partial charge in [0.25, 0.3) is 0 Å². The van der Waals surface area contributed by atoms with Crippen molar-refractivity contribution in [3.05, 3.63) is 65.2 Å². The fourth-order valence-electron chi connectivity index (χ4n) is 5.82. The van der Waals surface area contributed by atoms with E-state index in [1.807, 2.05) is 54.6 Å². The third kappa shape index (κ3) is 2.00. The topological polar surface area (TPSA) is 59.0 Å². The van der Waals surface area contributed by atoms with Crippen LogP contribution >= 0.6 is 11.6 Å². The summed E-state index contributed by atoms with van der Waals surface area (Å²) in [5, 5.41) is 5.02. The zero-order chi connectivity index (χ0) is 19.0. The number of rotatable bonds is 2. The van der Waals surface area contributed by atoms with Gasteiger partial charge in [0, 0.05) is 16.9 Å². The first-order valence-corrected chi connectivity index (χ1v) is 9.95. The van der Waals surface area contributed by atoms with E-state index in [1.54, 1.807) is 0 Å².